The second-order valence-electron chi connectivity index (χ2n) is 4.75. The fraction of sp³-hybridized carbons (Fsp3) is 0.308. The van der Waals surface area contributed by atoms with Crippen molar-refractivity contribution in [2.75, 3.05) is 0 Å². The van der Waals surface area contributed by atoms with Crippen molar-refractivity contribution in [3.8, 4) is 5.69 Å². The van der Waals surface area contributed by atoms with Gasteiger partial charge in [0.25, 0.3) is 0 Å². The topological polar surface area (TPSA) is 43.8 Å². The highest BCUT2D eigenvalue weighted by Crippen LogP contribution is 2.35. The van der Waals surface area contributed by atoms with Gasteiger partial charge in [-0.05, 0) is 43.2 Å². The van der Waals surface area contributed by atoms with Gasteiger partial charge in [-0.15, -0.1) is 0 Å². The number of hydrogen-bond acceptors (Lipinski definition) is 2. The quantitative estimate of drug-likeness (QED) is 0.945. The Hall–Kier alpha value is -1.13. The smallest absolute Gasteiger partial charge is 0.0649 e. The molecule has 0 spiro atoms. The zero-order chi connectivity index (χ0) is 11.9. The number of nitrogens with zero attached hydrogens (tertiary/aromatic N) is 2. The number of halogens is 1. The molecule has 1 fully saturated rings. The minimum Gasteiger partial charge on any atom is -0.325 e. The third kappa shape index (κ3) is 2.28. The van der Waals surface area contributed by atoms with Gasteiger partial charge in [0.1, 0.15) is 0 Å². The minimum atomic E-state index is 0.0210. The van der Waals surface area contributed by atoms with Gasteiger partial charge < -0.3 is 5.73 Å². The van der Waals surface area contributed by atoms with E-state index >= 15 is 0 Å². The highest BCUT2D eigenvalue weighted by atomic mass is 79.9. The van der Waals surface area contributed by atoms with Crippen molar-refractivity contribution in [3.05, 3.63) is 46.7 Å². The van der Waals surface area contributed by atoms with Gasteiger partial charge in [0.05, 0.1) is 5.69 Å². The van der Waals surface area contributed by atoms with Crippen LogP contribution in [0.2, 0.25) is 0 Å². The molecule has 0 saturated heterocycles. The first kappa shape index (κ1) is 11.0. The van der Waals surface area contributed by atoms with Crippen LogP contribution in [0.3, 0.4) is 0 Å². The van der Waals surface area contributed by atoms with Crippen molar-refractivity contribution in [3.63, 3.8) is 0 Å². The van der Waals surface area contributed by atoms with Crippen molar-refractivity contribution in [2.24, 2.45) is 5.73 Å². The molecular formula is C13H14BrN3. The summed E-state index contributed by atoms with van der Waals surface area (Å²) < 4.78 is 3.05. The SMILES string of the molecule is NC1(Cc2ccnn2-c2ccc(Br)cc2)CC1. The normalized spacial score (nSPS) is 17.1. The Morgan fingerprint density at radius 2 is 1.94 bits per heavy atom. The van der Waals surface area contributed by atoms with Crippen molar-refractivity contribution in [2.45, 2.75) is 24.8 Å². The highest BCUT2D eigenvalue weighted by Gasteiger charge is 2.38. The summed E-state index contributed by atoms with van der Waals surface area (Å²) in [6.07, 6.45) is 4.99. The van der Waals surface area contributed by atoms with Crippen molar-refractivity contribution in [1.82, 2.24) is 9.78 Å². The molecule has 1 aromatic heterocycles. The van der Waals surface area contributed by atoms with Crippen LogP contribution in [0.15, 0.2) is 41.0 Å². The predicted octanol–water partition coefficient (Wildman–Crippen LogP) is 2.67. The molecule has 3 nitrogen and oxygen atoms in total. The van der Waals surface area contributed by atoms with Crippen LogP contribution in [0.1, 0.15) is 18.5 Å². The Bertz CT molecular complexity index is 526. The first-order chi connectivity index (χ1) is 8.16. The Kier molecular flexibility index (Phi) is 2.56. The van der Waals surface area contributed by atoms with Gasteiger partial charge in [-0.25, -0.2) is 4.68 Å². The van der Waals surface area contributed by atoms with Crippen molar-refractivity contribution < 1.29 is 0 Å². The lowest BCUT2D eigenvalue weighted by Gasteiger charge is -2.11. The first-order valence-corrected chi connectivity index (χ1v) is 6.53. The number of benzene rings is 1. The van der Waals surface area contributed by atoms with Gasteiger partial charge in [0, 0.05) is 28.3 Å². The maximum atomic E-state index is 6.16. The number of aromatic nitrogens is 2. The molecule has 1 aromatic carbocycles. The lowest BCUT2D eigenvalue weighted by atomic mass is 10.1. The van der Waals surface area contributed by atoms with Crippen LogP contribution in [-0.2, 0) is 6.42 Å². The van der Waals surface area contributed by atoms with E-state index in [1.165, 1.54) is 5.69 Å². The van der Waals surface area contributed by atoms with Gasteiger partial charge in [-0.1, -0.05) is 15.9 Å². The third-order valence-electron chi connectivity index (χ3n) is 3.22. The second-order valence-corrected chi connectivity index (χ2v) is 5.67. The van der Waals surface area contributed by atoms with E-state index in [0.717, 1.165) is 29.4 Å². The molecule has 0 atom stereocenters. The van der Waals surface area contributed by atoms with Crippen LogP contribution in [0, 0.1) is 0 Å². The van der Waals surface area contributed by atoms with E-state index in [9.17, 15) is 0 Å². The average Bonchev–Trinajstić information content (AvgIpc) is 2.86. The van der Waals surface area contributed by atoms with E-state index in [4.69, 9.17) is 5.73 Å². The monoisotopic (exact) mass is 291 g/mol. The fourth-order valence-electron chi connectivity index (χ4n) is 1.98. The number of rotatable bonds is 3. The number of nitrogens with two attached hydrogens (primary N) is 1. The zero-order valence-corrected chi connectivity index (χ0v) is 11.0. The van der Waals surface area contributed by atoms with Gasteiger partial charge in [0.15, 0.2) is 0 Å². The molecule has 88 valence electrons. The zero-order valence-electron chi connectivity index (χ0n) is 9.44. The van der Waals surface area contributed by atoms with Crippen LogP contribution in [0.25, 0.3) is 5.69 Å². The largest absolute Gasteiger partial charge is 0.325 e. The Labute approximate surface area is 109 Å². The molecule has 0 unspecified atom stereocenters. The van der Waals surface area contributed by atoms with Crippen LogP contribution >= 0.6 is 15.9 Å². The third-order valence-corrected chi connectivity index (χ3v) is 3.75. The van der Waals surface area contributed by atoms with Crippen LogP contribution in [-0.4, -0.2) is 15.3 Å². The van der Waals surface area contributed by atoms with Gasteiger partial charge in [-0.3, -0.25) is 0 Å². The summed E-state index contributed by atoms with van der Waals surface area (Å²) in [7, 11) is 0. The lowest BCUT2D eigenvalue weighted by Crippen LogP contribution is -2.25. The highest BCUT2D eigenvalue weighted by molar-refractivity contribution is 9.10. The van der Waals surface area contributed by atoms with Crippen LogP contribution in [0.5, 0.6) is 0 Å². The molecule has 1 aliphatic carbocycles. The summed E-state index contributed by atoms with van der Waals surface area (Å²) in [5, 5.41) is 4.37. The van der Waals surface area contributed by atoms with E-state index in [1.807, 2.05) is 23.0 Å². The minimum absolute atomic E-state index is 0.0210. The summed E-state index contributed by atoms with van der Waals surface area (Å²) in [5.74, 6) is 0. The number of hydrogen-bond donors (Lipinski definition) is 1. The standard InChI is InChI=1S/C13H14BrN3/c14-10-1-3-11(4-2-10)17-12(5-8-16-17)9-13(15)6-7-13/h1-5,8H,6-7,9,15H2. The molecule has 0 aliphatic heterocycles. The molecule has 2 N–H and O–H groups in total. The predicted molar refractivity (Wildman–Crippen MR) is 71.1 cm³/mol. The van der Waals surface area contributed by atoms with Gasteiger partial charge >= 0.3 is 0 Å². The van der Waals surface area contributed by atoms with E-state index in [1.54, 1.807) is 0 Å². The first-order valence-electron chi connectivity index (χ1n) is 5.74. The van der Waals surface area contributed by atoms with E-state index in [0.29, 0.717) is 0 Å². The molecule has 1 heterocycles. The lowest BCUT2D eigenvalue weighted by molar-refractivity contribution is 0.637. The Balaban J connectivity index is 1.92. The van der Waals surface area contributed by atoms with E-state index in [2.05, 4.69) is 39.2 Å². The molecular weight excluding hydrogens is 278 g/mol. The summed E-state index contributed by atoms with van der Waals surface area (Å²) >= 11 is 3.44. The fourth-order valence-corrected chi connectivity index (χ4v) is 2.24. The Morgan fingerprint density at radius 3 is 2.59 bits per heavy atom. The van der Waals surface area contributed by atoms with Crippen LogP contribution < -0.4 is 5.73 Å². The summed E-state index contributed by atoms with van der Waals surface area (Å²) in [6.45, 7) is 0. The molecule has 0 radical (unpaired) electrons. The molecule has 3 rings (SSSR count). The second kappa shape index (κ2) is 3.96. The summed E-state index contributed by atoms with van der Waals surface area (Å²) in [5.41, 5.74) is 8.45. The maximum absolute atomic E-state index is 6.16. The summed E-state index contributed by atoms with van der Waals surface area (Å²) in [4.78, 5) is 0. The molecule has 1 aliphatic rings. The van der Waals surface area contributed by atoms with Crippen molar-refractivity contribution >= 4 is 15.9 Å². The summed E-state index contributed by atoms with van der Waals surface area (Å²) in [6, 6.07) is 10.2. The van der Waals surface area contributed by atoms with E-state index in [-0.39, 0.29) is 5.54 Å². The van der Waals surface area contributed by atoms with Gasteiger partial charge in [0.2, 0.25) is 0 Å². The van der Waals surface area contributed by atoms with Crippen molar-refractivity contribution in [1.29, 1.82) is 0 Å². The maximum Gasteiger partial charge on any atom is 0.0649 e. The molecule has 4 heteroatoms. The Morgan fingerprint density at radius 1 is 1.24 bits per heavy atom. The molecule has 2 aromatic rings. The van der Waals surface area contributed by atoms with E-state index < -0.39 is 0 Å². The van der Waals surface area contributed by atoms with Gasteiger partial charge in [-0.2, -0.15) is 5.10 Å². The molecule has 0 bridgehead atoms. The average molecular weight is 292 g/mol. The molecule has 1 saturated carbocycles. The molecule has 17 heavy (non-hydrogen) atoms. The molecule has 0 amide bonds. The van der Waals surface area contributed by atoms with Crippen LogP contribution in [0.4, 0.5) is 0 Å².